The molecule has 0 atom stereocenters. The Labute approximate surface area is 518 Å². The summed E-state index contributed by atoms with van der Waals surface area (Å²) in [6.07, 6.45) is 23.9. The fourth-order valence-corrected chi connectivity index (χ4v) is 10.7. The van der Waals surface area contributed by atoms with Crippen LogP contribution in [-0.2, 0) is 154 Å². The second-order valence-electron chi connectivity index (χ2n) is 9.91. The first kappa shape index (κ1) is 134. The van der Waals surface area contributed by atoms with Gasteiger partial charge in [0.1, 0.15) is 0 Å². The smallest absolute Gasteiger partial charge is 0 e. The van der Waals surface area contributed by atoms with Crippen LogP contribution in [-0.4, -0.2) is 132 Å². The maximum Gasteiger partial charge on any atom is 1.00 e. The molecule has 0 aliphatic rings. The van der Waals surface area contributed by atoms with E-state index < -0.39 is 7.81 Å². The summed E-state index contributed by atoms with van der Waals surface area (Å²) >= 11 is 0. The van der Waals surface area contributed by atoms with Gasteiger partial charge in [0.15, 0.2) is 0 Å². The van der Waals surface area contributed by atoms with E-state index in [1.165, 1.54) is 105 Å². The van der Waals surface area contributed by atoms with Gasteiger partial charge in [0.2, 0.25) is 0 Å². The van der Waals surface area contributed by atoms with Gasteiger partial charge >= 0.3 is 128 Å². The molecule has 422 valence electrons. The second kappa shape index (κ2) is 119. The number of rotatable bonds is 17. The van der Waals surface area contributed by atoms with Crippen molar-refractivity contribution in [3.63, 3.8) is 0 Å². The molecule has 0 bridgehead atoms. The predicted molar refractivity (Wildman–Crippen MR) is 264 cm³/mol. The van der Waals surface area contributed by atoms with E-state index in [0.717, 1.165) is 0 Å². The number of hydrogen-bond donors (Lipinski definition) is 0. The van der Waals surface area contributed by atoms with E-state index >= 15 is 0 Å². The molecule has 0 aromatic heterocycles. The van der Waals surface area contributed by atoms with E-state index in [9.17, 15) is 25.2 Å². The van der Waals surface area contributed by atoms with Crippen LogP contribution < -0.4 is 0 Å². The van der Waals surface area contributed by atoms with Crippen LogP contribution in [0.3, 0.4) is 0 Å². The molecule has 26 heteroatoms. The molecule has 0 saturated heterocycles. The summed E-state index contributed by atoms with van der Waals surface area (Å²) in [6.45, 7) is 65.8. The van der Waals surface area contributed by atoms with Crippen molar-refractivity contribution in [1.29, 1.82) is 0 Å². The van der Waals surface area contributed by atoms with Gasteiger partial charge in [-0.05, 0) is 92.4 Å². The van der Waals surface area contributed by atoms with Gasteiger partial charge in [-0.25, -0.2) is 0 Å². The van der Waals surface area contributed by atoms with E-state index in [2.05, 4.69) is 158 Å². The molecule has 0 unspecified atom stereocenters. The molecule has 0 saturated carbocycles. The Bertz CT molecular complexity index is 665. The Morgan fingerprint density at radius 3 is 0.333 bits per heavy atom. The molecular formula is C40H85F6O6P7Pt6Tl-. The SMILES string of the molecule is CCP(CC)CC.CCP(CC)CC.CCP(CC)CC.CCP(CC)CC.CCP(CC)CC.CC[P-]CC.F[P-](F)(F)(F)(F)F.[C-]#[O+].[C-]#[O+].[C-]#[O+].[C-]#[O+].[C-]#[O+].[C-]#[O+].[Pt].[Pt].[Pt].[Pt].[Pt].[Pt].[Tl+]. The fourth-order valence-electron chi connectivity index (χ4n) is 3.58. The first-order valence-corrected chi connectivity index (χ1v) is 32.4. The Morgan fingerprint density at radius 2 is 0.333 bits per heavy atom. The third-order valence-electron chi connectivity index (χ3n) is 7.16. The number of halogens is 6. The second-order valence-corrected chi connectivity index (χ2v) is 29.7. The van der Waals surface area contributed by atoms with Gasteiger partial charge in [0, 0.05) is 126 Å². The average molecular weight is 2370 g/mol. The molecule has 0 spiro atoms. The van der Waals surface area contributed by atoms with Crippen LogP contribution in [0.2, 0.25) is 0 Å². The quantitative estimate of drug-likeness (QED) is 0.0453. The first-order valence-electron chi connectivity index (χ1n) is 19.6. The minimum atomic E-state index is -10.7. The normalized spacial score (nSPS) is 8.73. The fraction of sp³-hybridized carbons (Fsp3) is 0.850. The topological polar surface area (TPSA) is 119 Å². The van der Waals surface area contributed by atoms with E-state index in [-0.39, 0.29) is 154 Å². The van der Waals surface area contributed by atoms with Crippen LogP contribution in [0.5, 0.6) is 0 Å². The van der Waals surface area contributed by atoms with E-state index in [1.54, 1.807) is 8.58 Å². The Balaban J connectivity index is -0.0000000197. The van der Waals surface area contributed by atoms with Crippen molar-refractivity contribution >= 4 is 83.3 Å². The van der Waals surface area contributed by atoms with Crippen LogP contribution in [0, 0.1) is 39.9 Å². The standard InChI is InChI=1S/5C6H15P.C4H10P.6CO.F6P.6Pt.Tl/c5*1-4-7(5-2)6-3;1-3-5-4-2;6*1-2;1-7(2,3,4,5)6;;;;;;;/h5*4-6H2,1-3H3;3-4H2,1-2H3;;;;;;;;;;;;;;/q;;;;;-1;;;;;;;-1;;;;;;;+1. The first-order chi connectivity index (χ1) is 27.6. The van der Waals surface area contributed by atoms with Gasteiger partial charge < -0.3 is 8.58 Å². The summed E-state index contributed by atoms with van der Waals surface area (Å²) in [6, 6.07) is 0. The monoisotopic (exact) mass is 2370 g/mol. The van der Waals surface area contributed by atoms with Crippen molar-refractivity contribution in [2.45, 2.75) is 118 Å². The molecule has 0 aromatic rings. The summed E-state index contributed by atoms with van der Waals surface area (Å²) in [5, 5.41) is 0. The summed E-state index contributed by atoms with van der Waals surface area (Å²) < 4.78 is 104. The minimum Gasteiger partial charge on any atom is 0 e. The van der Waals surface area contributed by atoms with Crippen LogP contribution in [0.4, 0.5) is 25.2 Å². The molecule has 0 aliphatic carbocycles. The van der Waals surface area contributed by atoms with Gasteiger partial charge in [0.25, 0.3) is 0 Å². The van der Waals surface area contributed by atoms with Crippen LogP contribution >= 0.6 is 56.0 Å². The van der Waals surface area contributed by atoms with Crippen molar-refractivity contribution in [3.8, 4) is 0 Å². The molecule has 0 radical (unpaired) electrons. The zero-order valence-corrected chi connectivity index (χ0v) is 66.7. The molecule has 66 heavy (non-hydrogen) atoms. The van der Waals surface area contributed by atoms with Crippen molar-refractivity contribution in [2.24, 2.45) is 0 Å². The minimum absolute atomic E-state index is 0. The summed E-state index contributed by atoms with van der Waals surface area (Å²) in [4.78, 5) is 0. The van der Waals surface area contributed by atoms with Crippen LogP contribution in [0.25, 0.3) is 0 Å². The summed E-state index contributed by atoms with van der Waals surface area (Å²) in [7, 11) is -6.85. The molecule has 0 rings (SSSR count). The van der Waals surface area contributed by atoms with Gasteiger partial charge in [0.05, 0.1) is 0 Å². The largest absolute Gasteiger partial charge is 1.00 e. The van der Waals surface area contributed by atoms with E-state index in [4.69, 9.17) is 27.9 Å². The van der Waals surface area contributed by atoms with Gasteiger partial charge in [-0.3, -0.25) is 0 Å². The Hall–Kier alpha value is 6.08. The molecular weight excluding hydrogens is 2280 g/mol. The van der Waals surface area contributed by atoms with Crippen molar-refractivity contribution < 1.29 is 179 Å². The zero-order chi connectivity index (χ0) is 51.0. The third kappa shape index (κ3) is 231. The number of hydrogen-bond acceptors (Lipinski definition) is 0. The van der Waals surface area contributed by atoms with Crippen LogP contribution in [0.15, 0.2) is 0 Å². The zero-order valence-electron chi connectivity index (χ0n) is 42.3. The Morgan fingerprint density at radius 1 is 0.273 bits per heavy atom. The molecule has 0 N–H and O–H groups in total. The molecule has 0 heterocycles. The summed E-state index contributed by atoms with van der Waals surface area (Å²) in [5.74, 6) is 0. The van der Waals surface area contributed by atoms with E-state index in [0.29, 0.717) is 39.6 Å². The van der Waals surface area contributed by atoms with Crippen LogP contribution in [0.1, 0.15) is 118 Å². The third-order valence-corrected chi connectivity index (χ3v) is 21.5. The molecule has 0 amide bonds. The molecule has 0 aliphatic heterocycles. The van der Waals surface area contributed by atoms with E-state index in [1.807, 2.05) is 0 Å². The maximum absolute atomic E-state index is 10.7. The van der Waals surface area contributed by atoms with Crippen molar-refractivity contribution in [3.05, 3.63) is 39.9 Å². The average Bonchev–Trinajstić information content (AvgIpc) is 3.26. The van der Waals surface area contributed by atoms with Crippen molar-refractivity contribution in [1.82, 2.24) is 0 Å². The van der Waals surface area contributed by atoms with Gasteiger partial charge in [-0.2, -0.15) is 12.3 Å². The predicted octanol–water partition coefficient (Wildman–Crippen LogP) is 17.4. The Kier molecular flexibility index (Phi) is 243. The molecule has 0 aromatic carbocycles. The van der Waals surface area contributed by atoms with Gasteiger partial charge in [-0.1, -0.05) is 118 Å². The maximum atomic E-state index is 9.87. The molecule has 0 fully saturated rings. The summed E-state index contributed by atoms with van der Waals surface area (Å²) in [5.41, 5.74) is 0. The van der Waals surface area contributed by atoms with Gasteiger partial charge in [-0.15, -0.1) is 39.6 Å². The van der Waals surface area contributed by atoms with Crippen molar-refractivity contribution in [2.75, 3.05) is 105 Å². The molecule has 6 nitrogen and oxygen atoms in total.